The minimum absolute atomic E-state index is 0. The van der Waals surface area contributed by atoms with Crippen LogP contribution in [-0.4, -0.2) is 0 Å². The van der Waals surface area contributed by atoms with E-state index in [9.17, 15) is 0 Å². The van der Waals surface area contributed by atoms with Gasteiger partial charge in [-0.15, -0.1) is 6.92 Å². The first kappa shape index (κ1) is 33.5. The molecule has 0 saturated heterocycles. The van der Waals surface area contributed by atoms with Crippen molar-refractivity contribution in [2.75, 3.05) is 0 Å². The molecule has 1 atom stereocenters. The van der Waals surface area contributed by atoms with Gasteiger partial charge in [0, 0.05) is 32.7 Å². The molecular weight excluding hydrogens is 533 g/mol. The molecule has 1 unspecified atom stereocenters. The Balaban J connectivity index is 0.000000444. The molecule has 38 heavy (non-hydrogen) atoms. The van der Waals surface area contributed by atoms with E-state index in [0.717, 1.165) is 12.0 Å². The van der Waals surface area contributed by atoms with E-state index in [4.69, 9.17) is 0 Å². The minimum atomic E-state index is 0. The van der Waals surface area contributed by atoms with Gasteiger partial charge in [0.05, 0.1) is 0 Å². The summed E-state index contributed by atoms with van der Waals surface area (Å²) in [6.07, 6.45) is 14.5. The monoisotopic (exact) mass is 576 g/mol. The number of benzene rings is 3. The molecule has 0 heterocycles. The number of aryl methyl sites for hydroxylation is 2. The Labute approximate surface area is 257 Å². The molecule has 0 fully saturated rings. The fraction of sp³-hybridized carbons (Fsp3) is 0.243. The molecule has 0 N–H and O–H groups in total. The zero-order valence-electron chi connectivity index (χ0n) is 24.4. The summed E-state index contributed by atoms with van der Waals surface area (Å²) in [5, 5.41) is 0. The van der Waals surface area contributed by atoms with Gasteiger partial charge in [0.15, 0.2) is 0 Å². The van der Waals surface area contributed by atoms with Crippen LogP contribution in [0.3, 0.4) is 0 Å². The maximum Gasteiger partial charge on any atom is 0 e. The molecule has 3 aromatic carbocycles. The minimum Gasteiger partial charge on any atom is -0.255 e. The van der Waals surface area contributed by atoms with Crippen LogP contribution in [0.2, 0.25) is 0 Å². The van der Waals surface area contributed by atoms with E-state index in [-0.39, 0.29) is 32.7 Å². The summed E-state index contributed by atoms with van der Waals surface area (Å²) < 4.78 is 0. The van der Waals surface area contributed by atoms with Crippen molar-refractivity contribution in [2.45, 2.75) is 54.9 Å². The normalized spacial score (nSPS) is 12.9. The third kappa shape index (κ3) is 9.97. The van der Waals surface area contributed by atoms with Crippen molar-refractivity contribution < 1.29 is 32.7 Å². The maximum atomic E-state index is 3.65. The van der Waals surface area contributed by atoms with Gasteiger partial charge in [-0.25, -0.2) is 11.6 Å². The number of rotatable bonds is 8. The summed E-state index contributed by atoms with van der Waals surface area (Å²) in [6.45, 7) is 18.7. The van der Waals surface area contributed by atoms with Gasteiger partial charge in [0.1, 0.15) is 0 Å². The first-order valence-electron chi connectivity index (χ1n) is 13.3. The summed E-state index contributed by atoms with van der Waals surface area (Å²) in [7, 11) is 0. The summed E-state index contributed by atoms with van der Waals surface area (Å²) in [4.78, 5) is 0. The molecule has 1 heteroatoms. The van der Waals surface area contributed by atoms with Gasteiger partial charge in [-0.05, 0) is 90.6 Å². The van der Waals surface area contributed by atoms with Crippen LogP contribution in [0.1, 0.15) is 63.3 Å². The fourth-order valence-electron chi connectivity index (χ4n) is 4.22. The van der Waals surface area contributed by atoms with Crippen LogP contribution < -0.4 is 0 Å². The number of allylic oxidation sites excluding steroid dienone is 9. The Morgan fingerprint density at radius 1 is 0.816 bits per heavy atom. The largest absolute Gasteiger partial charge is 0.255 e. The van der Waals surface area contributed by atoms with E-state index in [1.54, 1.807) is 0 Å². The van der Waals surface area contributed by atoms with E-state index in [1.807, 2.05) is 13.0 Å². The van der Waals surface area contributed by atoms with Gasteiger partial charge in [0.25, 0.3) is 0 Å². The molecule has 1 radical (unpaired) electrons. The zero-order valence-corrected chi connectivity index (χ0v) is 27.2. The SMILES string of the molecule is C/C(=C(\C)c1ccc(C)c(-c2ccccc2C)c1)c1ccccc1.C=[C-]/C(=C/C)C(C)/C=C\C=C/CC.[Y]. The third-order valence-corrected chi connectivity index (χ3v) is 6.76. The second kappa shape index (κ2) is 17.9. The predicted octanol–water partition coefficient (Wildman–Crippen LogP) is 11.0. The molecule has 0 aliphatic carbocycles. The van der Waals surface area contributed by atoms with Crippen molar-refractivity contribution in [3.8, 4) is 11.1 Å². The van der Waals surface area contributed by atoms with E-state index < -0.39 is 0 Å². The quantitative estimate of drug-likeness (QED) is 0.142. The van der Waals surface area contributed by atoms with Crippen molar-refractivity contribution in [3.63, 3.8) is 0 Å². The summed E-state index contributed by atoms with van der Waals surface area (Å²) >= 11 is 0. The number of hydrogen-bond acceptors (Lipinski definition) is 0. The molecule has 0 bridgehead atoms. The van der Waals surface area contributed by atoms with Gasteiger partial charge < -0.3 is 0 Å². The van der Waals surface area contributed by atoms with Crippen molar-refractivity contribution in [3.05, 3.63) is 144 Å². The van der Waals surface area contributed by atoms with Gasteiger partial charge >= 0.3 is 0 Å². The Bertz CT molecular complexity index is 1270. The van der Waals surface area contributed by atoms with Gasteiger partial charge in [0.2, 0.25) is 0 Å². The smallest absolute Gasteiger partial charge is 0 e. The van der Waals surface area contributed by atoms with Crippen molar-refractivity contribution in [2.24, 2.45) is 5.92 Å². The van der Waals surface area contributed by atoms with Crippen LogP contribution in [-0.2, 0) is 32.7 Å². The van der Waals surface area contributed by atoms with Crippen LogP contribution in [0, 0.1) is 25.8 Å². The van der Waals surface area contributed by atoms with Crippen LogP contribution in [0.25, 0.3) is 22.3 Å². The standard InChI is InChI=1S/C24H24.C13H19.Y/c1-17-10-8-9-13-23(17)24-16-22(15-14-18(24)2)20(4)19(3)21-11-6-5-7-12-21;1-5-8-9-10-11-12(4)13(6-2)7-3;/h5-16H,1-4H3;7-12H,2,5H2,1,3-4H3;/q;-1;/b20-19-;9-8-,11-10-,13-7-;. The Kier molecular flexibility index (Phi) is 15.8. The molecule has 3 rings (SSSR count). The van der Waals surface area contributed by atoms with Gasteiger partial charge in [-0.1, -0.05) is 105 Å². The topological polar surface area (TPSA) is 0 Å². The summed E-state index contributed by atoms with van der Waals surface area (Å²) in [5.41, 5.74) is 11.7. The van der Waals surface area contributed by atoms with E-state index >= 15 is 0 Å². The van der Waals surface area contributed by atoms with Crippen LogP contribution in [0.15, 0.2) is 115 Å². The second-order valence-corrected chi connectivity index (χ2v) is 9.39. The Morgan fingerprint density at radius 3 is 2.03 bits per heavy atom. The second-order valence-electron chi connectivity index (χ2n) is 9.39. The first-order chi connectivity index (χ1) is 17.8. The molecule has 0 spiro atoms. The molecule has 0 aromatic heterocycles. The molecule has 0 nitrogen and oxygen atoms in total. The summed E-state index contributed by atoms with van der Waals surface area (Å²) in [6, 6.07) is 26.0. The molecule has 0 aliphatic rings. The van der Waals surface area contributed by atoms with Crippen molar-refractivity contribution in [1.29, 1.82) is 0 Å². The van der Waals surface area contributed by atoms with Crippen molar-refractivity contribution >= 4 is 11.1 Å². The maximum absolute atomic E-state index is 3.65. The van der Waals surface area contributed by atoms with Crippen molar-refractivity contribution in [1.82, 2.24) is 0 Å². The average molecular weight is 577 g/mol. The van der Waals surface area contributed by atoms with Crippen LogP contribution in [0.4, 0.5) is 0 Å². The van der Waals surface area contributed by atoms with E-state index in [0.29, 0.717) is 5.92 Å². The zero-order chi connectivity index (χ0) is 27.2. The van der Waals surface area contributed by atoms with Crippen LogP contribution in [0.5, 0.6) is 0 Å². The molecular formula is C37H43Y-. The van der Waals surface area contributed by atoms with E-state index in [1.165, 1.54) is 44.5 Å². The Hall–Kier alpha value is -2.54. The summed E-state index contributed by atoms with van der Waals surface area (Å²) in [5.74, 6) is 0.406. The predicted molar refractivity (Wildman–Crippen MR) is 166 cm³/mol. The first-order valence-corrected chi connectivity index (χ1v) is 13.3. The molecule has 0 saturated carbocycles. The molecule has 3 aromatic rings. The molecule has 0 aliphatic heterocycles. The van der Waals surface area contributed by atoms with Crippen LogP contribution >= 0.6 is 0 Å². The van der Waals surface area contributed by atoms with E-state index in [2.05, 4.69) is 151 Å². The average Bonchev–Trinajstić information content (AvgIpc) is 2.92. The molecule has 195 valence electrons. The third-order valence-electron chi connectivity index (χ3n) is 6.76. The molecule has 0 amide bonds. The number of hydrogen-bond donors (Lipinski definition) is 0. The van der Waals surface area contributed by atoms with Gasteiger partial charge in [-0.3, -0.25) is 6.08 Å². The fourth-order valence-corrected chi connectivity index (χ4v) is 4.22. The Morgan fingerprint density at radius 2 is 1.42 bits per heavy atom. The van der Waals surface area contributed by atoms with Gasteiger partial charge in [-0.2, -0.15) is 6.58 Å².